The lowest BCUT2D eigenvalue weighted by atomic mass is 9.46. The smallest absolute Gasteiger partial charge is 0.214 e. The Bertz CT molecular complexity index is 1270. The third-order valence-electron chi connectivity index (χ3n) is 10.6. The summed E-state index contributed by atoms with van der Waals surface area (Å²) in [5.41, 5.74) is 2.39. The highest BCUT2D eigenvalue weighted by Crippen LogP contribution is 2.63. The second-order valence-corrected chi connectivity index (χ2v) is 14.4. The molecule has 5 aliphatic rings. The second kappa shape index (κ2) is 8.37. The number of sulfonamides is 1. The standard InChI is InChI=1S/C28H36FN3O3S/c29-23-3-1-2-21-25-15-30-16-32(25)24(27(21)23)12-26(33)28-10-8-17-4-5-18(13-28)20(22(17)14-28)9-11-31-36(34,35)19-6-7-19/h1-3,15-20,22,24,26,31,33H,4-14H2. The topological polar surface area (TPSA) is 84.2 Å². The van der Waals surface area contributed by atoms with Gasteiger partial charge in [0.25, 0.3) is 0 Å². The summed E-state index contributed by atoms with van der Waals surface area (Å²) in [7, 11) is -3.14. The van der Waals surface area contributed by atoms with Crippen LogP contribution in [0.3, 0.4) is 0 Å². The minimum Gasteiger partial charge on any atom is -0.392 e. The van der Waals surface area contributed by atoms with Crippen LogP contribution in [-0.4, -0.2) is 41.0 Å². The average molecular weight is 514 g/mol. The maximum atomic E-state index is 15.0. The summed E-state index contributed by atoms with van der Waals surface area (Å²) in [5.74, 6) is 2.12. The van der Waals surface area contributed by atoms with Crippen LogP contribution in [0.25, 0.3) is 11.3 Å². The van der Waals surface area contributed by atoms with Gasteiger partial charge in [-0.25, -0.2) is 22.5 Å². The summed E-state index contributed by atoms with van der Waals surface area (Å²) >= 11 is 0. The summed E-state index contributed by atoms with van der Waals surface area (Å²) in [4.78, 5) is 4.31. The molecule has 7 atom stereocenters. The quantitative estimate of drug-likeness (QED) is 0.538. The summed E-state index contributed by atoms with van der Waals surface area (Å²) in [6, 6.07) is 5.00. The van der Waals surface area contributed by atoms with E-state index in [2.05, 4.69) is 9.71 Å². The Balaban J connectivity index is 1.10. The number of imidazole rings is 1. The molecule has 6 nitrogen and oxygen atoms in total. The largest absolute Gasteiger partial charge is 0.392 e. The first-order chi connectivity index (χ1) is 17.4. The van der Waals surface area contributed by atoms with Crippen molar-refractivity contribution in [2.24, 2.45) is 29.1 Å². The SMILES string of the molecule is O=S(=O)(NCCC1C2CCC3CCC(C(O)CC4c5c(F)cccc5-c5cncn54)(C2)CC31)C1CC1. The van der Waals surface area contributed by atoms with E-state index in [-0.39, 0.29) is 22.5 Å². The summed E-state index contributed by atoms with van der Waals surface area (Å²) in [6.07, 6.45) is 12.7. The van der Waals surface area contributed by atoms with Gasteiger partial charge >= 0.3 is 0 Å². The zero-order valence-corrected chi connectivity index (χ0v) is 21.5. The number of aromatic nitrogens is 2. The maximum Gasteiger partial charge on any atom is 0.214 e. The lowest BCUT2D eigenvalue weighted by Gasteiger charge is -2.60. The molecule has 36 heavy (non-hydrogen) atoms. The number of aliphatic hydroxyl groups is 1. The molecule has 7 rings (SSSR count). The van der Waals surface area contributed by atoms with E-state index in [4.69, 9.17) is 0 Å². The minimum atomic E-state index is -3.14. The monoisotopic (exact) mass is 513 g/mol. The van der Waals surface area contributed by atoms with Gasteiger partial charge in [0.15, 0.2) is 0 Å². The van der Waals surface area contributed by atoms with Crippen molar-refractivity contribution in [3.63, 3.8) is 0 Å². The van der Waals surface area contributed by atoms with E-state index in [0.29, 0.717) is 42.2 Å². The molecule has 0 amide bonds. The number of hydrogen-bond donors (Lipinski definition) is 2. The number of aliphatic hydroxyl groups excluding tert-OH is 1. The number of hydrogen-bond acceptors (Lipinski definition) is 4. The summed E-state index contributed by atoms with van der Waals surface area (Å²) in [5, 5.41) is 11.7. The Morgan fingerprint density at radius 2 is 2.00 bits per heavy atom. The molecule has 1 aliphatic heterocycles. The molecule has 8 heteroatoms. The number of rotatable bonds is 8. The van der Waals surface area contributed by atoms with Crippen molar-refractivity contribution in [3.05, 3.63) is 42.1 Å². The van der Waals surface area contributed by atoms with Crippen LogP contribution in [0.4, 0.5) is 4.39 Å². The van der Waals surface area contributed by atoms with Gasteiger partial charge in [-0.15, -0.1) is 0 Å². The van der Waals surface area contributed by atoms with Gasteiger partial charge in [-0.1, -0.05) is 12.1 Å². The Labute approximate surface area is 212 Å². The van der Waals surface area contributed by atoms with Crippen molar-refractivity contribution < 1.29 is 17.9 Å². The molecular formula is C28H36FN3O3S. The molecule has 0 spiro atoms. The van der Waals surface area contributed by atoms with Crippen LogP contribution in [0.15, 0.2) is 30.7 Å². The molecule has 194 valence electrons. The first kappa shape index (κ1) is 23.4. The number of nitrogens with one attached hydrogen (secondary N) is 1. The van der Waals surface area contributed by atoms with Gasteiger partial charge in [-0.05, 0) is 99.4 Å². The normalized spacial score (nSPS) is 35.4. The molecule has 3 bridgehead atoms. The van der Waals surface area contributed by atoms with Gasteiger partial charge in [0.1, 0.15) is 5.82 Å². The van der Waals surface area contributed by atoms with Gasteiger partial charge in [0.05, 0.1) is 35.6 Å². The highest BCUT2D eigenvalue weighted by molar-refractivity contribution is 7.90. The van der Waals surface area contributed by atoms with E-state index in [9.17, 15) is 17.9 Å². The molecule has 4 fully saturated rings. The van der Waals surface area contributed by atoms with E-state index in [0.717, 1.165) is 56.2 Å². The first-order valence-corrected chi connectivity index (χ1v) is 15.4. The van der Waals surface area contributed by atoms with Crippen LogP contribution in [0.1, 0.15) is 75.8 Å². The van der Waals surface area contributed by atoms with Gasteiger partial charge in [-0.3, -0.25) is 0 Å². The average Bonchev–Trinajstić information content (AvgIpc) is 3.53. The number of nitrogens with zero attached hydrogens (tertiary/aromatic N) is 2. The maximum absolute atomic E-state index is 15.0. The van der Waals surface area contributed by atoms with Gasteiger partial charge in [0.2, 0.25) is 10.0 Å². The number of halogens is 1. The summed E-state index contributed by atoms with van der Waals surface area (Å²) in [6.45, 7) is 0.542. The lowest BCUT2D eigenvalue weighted by molar-refractivity contribution is -0.137. The van der Waals surface area contributed by atoms with E-state index in [1.807, 2.05) is 10.6 Å². The van der Waals surface area contributed by atoms with Crippen LogP contribution in [0, 0.1) is 34.9 Å². The van der Waals surface area contributed by atoms with Gasteiger partial charge in [0, 0.05) is 17.7 Å². The zero-order valence-electron chi connectivity index (χ0n) is 20.7. The third kappa shape index (κ3) is 3.62. The Hall–Kier alpha value is -1.77. The van der Waals surface area contributed by atoms with Crippen molar-refractivity contribution in [2.45, 2.75) is 81.6 Å². The van der Waals surface area contributed by atoms with E-state index < -0.39 is 16.1 Å². The molecule has 0 saturated heterocycles. The van der Waals surface area contributed by atoms with Gasteiger partial charge in [-0.2, -0.15) is 0 Å². The fourth-order valence-electron chi connectivity index (χ4n) is 8.68. The van der Waals surface area contributed by atoms with Crippen molar-refractivity contribution in [1.29, 1.82) is 0 Å². The van der Waals surface area contributed by atoms with Crippen LogP contribution >= 0.6 is 0 Å². The highest BCUT2D eigenvalue weighted by atomic mass is 32.2. The zero-order chi connectivity index (χ0) is 24.7. The Morgan fingerprint density at radius 3 is 2.83 bits per heavy atom. The fourth-order valence-corrected chi connectivity index (χ4v) is 10.1. The predicted molar refractivity (Wildman–Crippen MR) is 135 cm³/mol. The fraction of sp³-hybridized carbons (Fsp3) is 0.679. The molecule has 4 aliphatic carbocycles. The van der Waals surface area contributed by atoms with Crippen LogP contribution < -0.4 is 4.72 Å². The molecule has 2 heterocycles. The molecular weight excluding hydrogens is 477 g/mol. The Morgan fingerprint density at radius 1 is 1.17 bits per heavy atom. The van der Waals surface area contributed by atoms with Crippen molar-refractivity contribution in [1.82, 2.24) is 14.3 Å². The second-order valence-electron chi connectivity index (χ2n) is 12.3. The molecule has 7 unspecified atom stereocenters. The van der Waals surface area contributed by atoms with Crippen LogP contribution in [0.2, 0.25) is 0 Å². The molecule has 1 aromatic carbocycles. The number of fused-ring (bicyclic) bond motifs is 5. The van der Waals surface area contributed by atoms with Crippen LogP contribution in [0.5, 0.6) is 0 Å². The minimum absolute atomic E-state index is 0.120. The number of benzene rings is 1. The van der Waals surface area contributed by atoms with Gasteiger partial charge < -0.3 is 9.67 Å². The van der Waals surface area contributed by atoms with Crippen molar-refractivity contribution in [2.75, 3.05) is 6.54 Å². The Kier molecular flexibility index (Phi) is 5.43. The van der Waals surface area contributed by atoms with E-state index in [1.165, 1.54) is 18.9 Å². The van der Waals surface area contributed by atoms with Crippen molar-refractivity contribution >= 4 is 10.0 Å². The molecule has 4 saturated carbocycles. The summed E-state index contributed by atoms with van der Waals surface area (Å²) < 4.78 is 44.5. The predicted octanol–water partition coefficient (Wildman–Crippen LogP) is 4.65. The van der Waals surface area contributed by atoms with Crippen molar-refractivity contribution in [3.8, 4) is 11.3 Å². The van der Waals surface area contributed by atoms with Crippen LogP contribution in [-0.2, 0) is 10.0 Å². The lowest BCUT2D eigenvalue weighted by Crippen LogP contribution is -2.54. The van der Waals surface area contributed by atoms with E-state index >= 15 is 0 Å². The molecule has 0 radical (unpaired) electrons. The molecule has 2 N–H and O–H groups in total. The highest BCUT2D eigenvalue weighted by Gasteiger charge is 2.56. The molecule has 1 aromatic heterocycles. The first-order valence-electron chi connectivity index (χ1n) is 13.8. The van der Waals surface area contributed by atoms with E-state index in [1.54, 1.807) is 18.6 Å². The third-order valence-corrected chi connectivity index (χ3v) is 12.5. The molecule has 2 aromatic rings.